The zero-order chi connectivity index (χ0) is 25.3. The molecule has 0 saturated carbocycles. The predicted octanol–water partition coefficient (Wildman–Crippen LogP) is 4.63. The molecule has 1 N–H and O–H groups in total. The number of alkyl halides is 2. The minimum absolute atomic E-state index is 0.0422. The van der Waals surface area contributed by atoms with Gasteiger partial charge in [-0.25, -0.2) is 18.3 Å². The van der Waals surface area contributed by atoms with Crippen molar-refractivity contribution in [2.24, 2.45) is 18.0 Å². The maximum atomic E-state index is 13.7. The Bertz CT molecular complexity index is 1460. The van der Waals surface area contributed by atoms with Gasteiger partial charge in [-0.15, -0.1) is 0 Å². The third-order valence-corrected chi connectivity index (χ3v) is 5.84. The van der Waals surface area contributed by atoms with Gasteiger partial charge in [-0.3, -0.25) is 14.1 Å². The largest absolute Gasteiger partial charge is 0.340 e. The van der Waals surface area contributed by atoms with Crippen LogP contribution in [0.2, 0.25) is 0 Å². The van der Waals surface area contributed by atoms with E-state index in [2.05, 4.69) is 10.3 Å². The first-order chi connectivity index (χ1) is 16.6. The fourth-order valence-electron chi connectivity index (χ4n) is 4.14. The summed E-state index contributed by atoms with van der Waals surface area (Å²) in [5, 5.41) is 9.00. The van der Waals surface area contributed by atoms with Crippen molar-refractivity contribution in [3.63, 3.8) is 0 Å². The maximum absolute atomic E-state index is 13.7. The molecule has 7 nitrogen and oxygen atoms in total. The van der Waals surface area contributed by atoms with Crippen LogP contribution in [0.5, 0.6) is 0 Å². The molecule has 0 fully saturated rings. The number of para-hydroxylation sites is 1. The van der Waals surface area contributed by atoms with E-state index in [1.165, 1.54) is 16.7 Å². The lowest BCUT2D eigenvalue weighted by Gasteiger charge is -2.13. The second-order valence-electron chi connectivity index (χ2n) is 9.17. The number of hydrogen-bond acceptors (Lipinski definition) is 4. The highest BCUT2D eigenvalue weighted by Crippen LogP contribution is 2.28. The highest BCUT2D eigenvalue weighted by atomic mass is 19.3. The third-order valence-electron chi connectivity index (χ3n) is 5.84. The molecule has 0 spiro atoms. The molecule has 35 heavy (non-hydrogen) atoms. The molecule has 184 valence electrons. The Morgan fingerprint density at radius 3 is 2.31 bits per heavy atom. The first-order valence-corrected chi connectivity index (χ1v) is 11.5. The van der Waals surface area contributed by atoms with Crippen molar-refractivity contribution in [1.29, 1.82) is 0 Å². The molecule has 0 aliphatic carbocycles. The molecule has 2 heterocycles. The predicted molar refractivity (Wildman–Crippen MR) is 134 cm³/mol. The Morgan fingerprint density at radius 1 is 1.09 bits per heavy atom. The summed E-state index contributed by atoms with van der Waals surface area (Å²) < 4.78 is 32.4. The van der Waals surface area contributed by atoms with Crippen LogP contribution in [0, 0.1) is 5.92 Å². The van der Waals surface area contributed by atoms with Crippen LogP contribution in [0.4, 0.5) is 20.3 Å². The van der Waals surface area contributed by atoms with E-state index in [9.17, 15) is 13.6 Å². The van der Waals surface area contributed by atoms with Gasteiger partial charge in [0, 0.05) is 38.8 Å². The molecule has 4 rings (SSSR count). The number of nitrogens with one attached hydrogen (secondary N) is 1. The fourth-order valence-corrected chi connectivity index (χ4v) is 4.14. The molecule has 0 atom stereocenters. The Hall–Kier alpha value is -3.75. The second-order valence-corrected chi connectivity index (χ2v) is 9.17. The molecule has 2 aromatic heterocycles. The molecule has 0 unspecified atom stereocenters. The minimum Gasteiger partial charge on any atom is -0.340 e. The van der Waals surface area contributed by atoms with Crippen LogP contribution in [0.25, 0.3) is 11.0 Å². The minimum atomic E-state index is -2.90. The van der Waals surface area contributed by atoms with E-state index in [1.54, 1.807) is 35.5 Å². The van der Waals surface area contributed by atoms with Crippen molar-refractivity contribution < 1.29 is 8.78 Å². The Kier molecular flexibility index (Phi) is 6.60. The molecule has 0 radical (unpaired) electrons. The van der Waals surface area contributed by atoms with E-state index in [0.717, 1.165) is 23.6 Å². The number of fused-ring (bicyclic) bond motifs is 1. The van der Waals surface area contributed by atoms with Gasteiger partial charge in [-0.05, 0) is 23.6 Å². The lowest BCUT2D eigenvalue weighted by molar-refractivity contribution is 0.0174. The zero-order valence-corrected chi connectivity index (χ0v) is 20.6. The van der Waals surface area contributed by atoms with Crippen LogP contribution >= 0.6 is 0 Å². The standard InChI is InChI=1S/C26H30F2N6O/c1-17(2)15-33-24-21(22(29-4)32(5)25(33)35)23(30-20-9-7-6-8-10-20)34(31-24)16-18-11-13-19(14-12-18)26(3,27)28/h6-14,17,30H,15-16H2,1-5H3/b29-22-. The van der Waals surface area contributed by atoms with E-state index in [0.29, 0.717) is 30.0 Å². The smallest absolute Gasteiger partial charge is 0.331 e. The van der Waals surface area contributed by atoms with Gasteiger partial charge < -0.3 is 5.32 Å². The van der Waals surface area contributed by atoms with Crippen molar-refractivity contribution in [1.82, 2.24) is 18.9 Å². The van der Waals surface area contributed by atoms with Crippen molar-refractivity contribution in [2.45, 2.75) is 39.8 Å². The molecular formula is C26H30F2N6O. The quantitative estimate of drug-likeness (QED) is 0.420. The van der Waals surface area contributed by atoms with E-state index in [4.69, 9.17) is 5.10 Å². The van der Waals surface area contributed by atoms with E-state index >= 15 is 0 Å². The molecule has 9 heteroatoms. The zero-order valence-electron chi connectivity index (χ0n) is 20.6. The summed E-state index contributed by atoms with van der Waals surface area (Å²) in [6.07, 6.45) is 0. The molecule has 0 aliphatic heterocycles. The molecule has 4 aromatic rings. The number of nitrogens with zero attached hydrogens (tertiary/aromatic N) is 5. The first-order valence-electron chi connectivity index (χ1n) is 11.5. The van der Waals surface area contributed by atoms with Crippen LogP contribution in [0.3, 0.4) is 0 Å². The maximum Gasteiger partial charge on any atom is 0.331 e. The van der Waals surface area contributed by atoms with Gasteiger partial charge in [0.2, 0.25) is 0 Å². The number of rotatable bonds is 7. The van der Waals surface area contributed by atoms with Gasteiger partial charge in [-0.1, -0.05) is 56.3 Å². The molecule has 2 aromatic carbocycles. The molecule has 0 amide bonds. The number of halogens is 2. The highest BCUT2D eigenvalue weighted by Gasteiger charge is 2.24. The number of benzene rings is 2. The lowest BCUT2D eigenvalue weighted by Crippen LogP contribution is -2.39. The van der Waals surface area contributed by atoms with E-state index in [1.807, 2.05) is 44.2 Å². The summed E-state index contributed by atoms with van der Waals surface area (Å²) in [6, 6.07) is 15.9. The first kappa shape index (κ1) is 24.4. The monoisotopic (exact) mass is 480 g/mol. The fraction of sp³-hybridized carbons (Fsp3) is 0.346. The van der Waals surface area contributed by atoms with Gasteiger partial charge in [-0.2, -0.15) is 5.10 Å². The van der Waals surface area contributed by atoms with Gasteiger partial charge >= 0.3 is 5.69 Å². The Labute approximate surface area is 202 Å². The number of anilines is 2. The highest BCUT2D eigenvalue weighted by molar-refractivity contribution is 5.89. The van der Waals surface area contributed by atoms with Crippen LogP contribution in [-0.4, -0.2) is 26.0 Å². The molecule has 0 bridgehead atoms. The molecular weight excluding hydrogens is 450 g/mol. The summed E-state index contributed by atoms with van der Waals surface area (Å²) in [5.41, 5.74) is 2.45. The summed E-state index contributed by atoms with van der Waals surface area (Å²) in [5.74, 6) is -2.01. The summed E-state index contributed by atoms with van der Waals surface area (Å²) >= 11 is 0. The van der Waals surface area contributed by atoms with E-state index in [-0.39, 0.29) is 17.2 Å². The van der Waals surface area contributed by atoms with Crippen LogP contribution in [0.15, 0.2) is 64.4 Å². The van der Waals surface area contributed by atoms with Gasteiger partial charge in [0.05, 0.1) is 6.54 Å². The normalized spacial score (nSPS) is 12.6. The van der Waals surface area contributed by atoms with Gasteiger partial charge in [0.25, 0.3) is 5.92 Å². The lowest BCUT2D eigenvalue weighted by atomic mass is 10.1. The number of hydrogen-bond donors (Lipinski definition) is 1. The van der Waals surface area contributed by atoms with Crippen molar-refractivity contribution in [3.8, 4) is 0 Å². The summed E-state index contributed by atoms with van der Waals surface area (Å²) in [4.78, 5) is 17.6. The second kappa shape index (κ2) is 9.48. The van der Waals surface area contributed by atoms with Gasteiger partial charge in [0.1, 0.15) is 16.7 Å². The summed E-state index contributed by atoms with van der Waals surface area (Å²) in [6.45, 7) is 5.79. The number of aromatic nitrogens is 4. The van der Waals surface area contributed by atoms with Crippen LogP contribution in [0.1, 0.15) is 31.9 Å². The van der Waals surface area contributed by atoms with Gasteiger partial charge in [0.15, 0.2) is 5.65 Å². The Balaban J connectivity index is 1.95. The van der Waals surface area contributed by atoms with Crippen molar-refractivity contribution >= 4 is 22.5 Å². The Morgan fingerprint density at radius 2 is 1.74 bits per heavy atom. The SMILES string of the molecule is C/N=c1/c2c(Nc3ccccc3)n(Cc3ccc(C(C)(F)F)cc3)nc2n(CC(C)C)c(=O)n1C. The van der Waals surface area contributed by atoms with Crippen LogP contribution in [-0.2, 0) is 26.1 Å². The van der Waals surface area contributed by atoms with E-state index < -0.39 is 5.92 Å². The third kappa shape index (κ3) is 4.89. The molecule has 0 aliphatic rings. The van der Waals surface area contributed by atoms with Crippen molar-refractivity contribution in [2.75, 3.05) is 12.4 Å². The molecule has 0 saturated heterocycles. The summed E-state index contributed by atoms with van der Waals surface area (Å²) in [7, 11) is 3.35. The van der Waals surface area contributed by atoms with Crippen LogP contribution < -0.4 is 16.5 Å². The average Bonchev–Trinajstić information content (AvgIpc) is 3.15. The topological polar surface area (TPSA) is 69.1 Å². The van der Waals surface area contributed by atoms with Crippen molar-refractivity contribution in [3.05, 3.63) is 81.7 Å². The average molecular weight is 481 g/mol.